The molecule has 0 fully saturated rings. The highest BCUT2D eigenvalue weighted by molar-refractivity contribution is 7.99. The summed E-state index contributed by atoms with van der Waals surface area (Å²) < 4.78 is 14.9. The molecule has 0 spiro atoms. The Hall–Kier alpha value is -3.04. The van der Waals surface area contributed by atoms with Crippen molar-refractivity contribution in [1.82, 2.24) is 19.7 Å². The van der Waals surface area contributed by atoms with Gasteiger partial charge in [0.15, 0.2) is 16.1 Å². The molecule has 2 aromatic carbocycles. The van der Waals surface area contributed by atoms with Crippen LogP contribution in [0.4, 0.5) is 9.52 Å². The highest BCUT2D eigenvalue weighted by atomic mass is 32.2. The topological polar surface area (TPSA) is 72.7 Å². The summed E-state index contributed by atoms with van der Waals surface area (Å²) in [6.07, 6.45) is 0. The molecule has 0 radical (unpaired) electrons. The average Bonchev–Trinajstić information content (AvgIpc) is 3.36. The van der Waals surface area contributed by atoms with Gasteiger partial charge in [0.1, 0.15) is 5.82 Å². The van der Waals surface area contributed by atoms with E-state index in [1.54, 1.807) is 16.7 Å². The monoisotopic (exact) mass is 453 g/mol. The van der Waals surface area contributed by atoms with Gasteiger partial charge in [0.05, 0.1) is 11.4 Å². The summed E-state index contributed by atoms with van der Waals surface area (Å²) in [5.41, 5.74) is 5.07. The summed E-state index contributed by atoms with van der Waals surface area (Å²) in [7, 11) is 1.82. The zero-order chi connectivity index (χ0) is 22.0. The lowest BCUT2D eigenvalue weighted by atomic mass is 10.1. The number of hydrogen-bond acceptors (Lipinski definition) is 6. The van der Waals surface area contributed by atoms with Crippen LogP contribution in [0.15, 0.2) is 53.0 Å². The number of carbonyl (C=O) groups is 1. The van der Waals surface area contributed by atoms with Gasteiger partial charge in [-0.25, -0.2) is 9.37 Å². The third-order valence-electron chi connectivity index (χ3n) is 4.82. The van der Waals surface area contributed by atoms with Crippen LogP contribution in [0.2, 0.25) is 0 Å². The molecule has 158 valence electrons. The van der Waals surface area contributed by atoms with Crippen molar-refractivity contribution in [3.05, 3.63) is 64.8 Å². The molecule has 1 N–H and O–H groups in total. The van der Waals surface area contributed by atoms with E-state index >= 15 is 0 Å². The van der Waals surface area contributed by atoms with Crippen LogP contribution in [0.25, 0.3) is 22.6 Å². The summed E-state index contributed by atoms with van der Waals surface area (Å²) in [5.74, 6) is 0.312. The predicted octanol–water partition coefficient (Wildman–Crippen LogP) is 5.09. The largest absolute Gasteiger partial charge is 0.305 e. The van der Waals surface area contributed by atoms with E-state index < -0.39 is 0 Å². The normalized spacial score (nSPS) is 11.0. The van der Waals surface area contributed by atoms with Crippen LogP contribution in [0.1, 0.15) is 11.1 Å². The quantitative estimate of drug-likeness (QED) is 0.412. The molecule has 4 rings (SSSR count). The molecule has 9 heteroatoms. The maximum atomic E-state index is 13.1. The van der Waals surface area contributed by atoms with Gasteiger partial charge < -0.3 is 9.88 Å². The van der Waals surface area contributed by atoms with Crippen molar-refractivity contribution in [2.24, 2.45) is 7.05 Å². The van der Waals surface area contributed by atoms with Crippen LogP contribution in [0.3, 0.4) is 0 Å². The lowest BCUT2D eigenvalue weighted by Crippen LogP contribution is -2.14. The van der Waals surface area contributed by atoms with Crippen LogP contribution in [-0.2, 0) is 11.8 Å². The first-order chi connectivity index (χ1) is 14.9. The van der Waals surface area contributed by atoms with Gasteiger partial charge in [0, 0.05) is 23.6 Å². The first-order valence-corrected chi connectivity index (χ1v) is 11.4. The molecule has 6 nitrogen and oxygen atoms in total. The van der Waals surface area contributed by atoms with Crippen LogP contribution < -0.4 is 5.32 Å². The fraction of sp³-hybridized carbons (Fsp3) is 0.182. The van der Waals surface area contributed by atoms with Gasteiger partial charge in [-0.2, -0.15) is 0 Å². The van der Waals surface area contributed by atoms with Crippen LogP contribution in [-0.4, -0.2) is 31.4 Å². The third-order valence-corrected chi connectivity index (χ3v) is 6.60. The number of carbonyl (C=O) groups excluding carboxylic acids is 1. The van der Waals surface area contributed by atoms with Crippen LogP contribution in [0, 0.1) is 19.7 Å². The van der Waals surface area contributed by atoms with E-state index in [-0.39, 0.29) is 17.5 Å². The van der Waals surface area contributed by atoms with E-state index in [2.05, 4.69) is 46.5 Å². The van der Waals surface area contributed by atoms with Crippen molar-refractivity contribution >= 4 is 34.1 Å². The van der Waals surface area contributed by atoms with Gasteiger partial charge in [0.25, 0.3) is 0 Å². The number of nitrogens with one attached hydrogen (secondary N) is 1. The van der Waals surface area contributed by atoms with Crippen LogP contribution >= 0.6 is 23.1 Å². The van der Waals surface area contributed by atoms with E-state index in [9.17, 15) is 9.18 Å². The zero-order valence-corrected chi connectivity index (χ0v) is 18.9. The summed E-state index contributed by atoms with van der Waals surface area (Å²) in [4.78, 5) is 16.9. The third kappa shape index (κ3) is 4.83. The van der Waals surface area contributed by atoms with Crippen LogP contribution in [0.5, 0.6) is 0 Å². The molecule has 2 aromatic heterocycles. The molecular weight excluding hydrogens is 433 g/mol. The van der Waals surface area contributed by atoms with Gasteiger partial charge in [-0.15, -0.1) is 21.5 Å². The van der Waals surface area contributed by atoms with Gasteiger partial charge in [-0.05, 0) is 55.3 Å². The van der Waals surface area contributed by atoms with E-state index in [0.29, 0.717) is 16.1 Å². The molecular formula is C22H20FN5OS2. The Morgan fingerprint density at radius 3 is 2.58 bits per heavy atom. The number of thiazole rings is 1. The molecule has 31 heavy (non-hydrogen) atoms. The Morgan fingerprint density at radius 2 is 1.84 bits per heavy atom. The fourth-order valence-corrected chi connectivity index (χ4v) is 4.39. The van der Waals surface area contributed by atoms with Gasteiger partial charge in [0.2, 0.25) is 5.91 Å². The lowest BCUT2D eigenvalue weighted by molar-refractivity contribution is -0.113. The van der Waals surface area contributed by atoms with E-state index in [4.69, 9.17) is 0 Å². The molecule has 0 unspecified atom stereocenters. The number of amides is 1. The first-order valence-electron chi connectivity index (χ1n) is 9.52. The number of nitrogens with zero attached hydrogens (tertiary/aromatic N) is 4. The number of hydrogen-bond donors (Lipinski definition) is 1. The second kappa shape index (κ2) is 8.99. The summed E-state index contributed by atoms with van der Waals surface area (Å²) >= 11 is 2.67. The number of benzene rings is 2. The highest BCUT2D eigenvalue weighted by Gasteiger charge is 2.14. The molecule has 2 heterocycles. The van der Waals surface area contributed by atoms with E-state index in [1.807, 2.05) is 18.5 Å². The number of thioether (sulfide) groups is 1. The zero-order valence-electron chi connectivity index (χ0n) is 17.2. The van der Waals surface area contributed by atoms with Crippen molar-refractivity contribution in [1.29, 1.82) is 0 Å². The minimum Gasteiger partial charge on any atom is -0.305 e. The average molecular weight is 454 g/mol. The minimum atomic E-state index is -0.306. The molecule has 0 saturated heterocycles. The number of rotatable bonds is 6. The lowest BCUT2D eigenvalue weighted by Gasteiger charge is -2.04. The molecule has 0 saturated carbocycles. The summed E-state index contributed by atoms with van der Waals surface area (Å²) in [5, 5.41) is 14.2. The van der Waals surface area contributed by atoms with Gasteiger partial charge in [-0.3, -0.25) is 4.79 Å². The van der Waals surface area contributed by atoms with Gasteiger partial charge in [-0.1, -0.05) is 23.9 Å². The SMILES string of the molecule is Cc1ccc(-c2csc(NC(=O)CSc3nnc(-c4ccc(F)cc4)n3C)n2)cc1C. The van der Waals surface area contributed by atoms with Crippen molar-refractivity contribution in [2.75, 3.05) is 11.1 Å². The summed E-state index contributed by atoms with van der Waals surface area (Å²) in [6.45, 7) is 4.14. The minimum absolute atomic E-state index is 0.169. The maximum Gasteiger partial charge on any atom is 0.236 e. The fourth-order valence-electron chi connectivity index (χ4n) is 2.94. The Kier molecular flexibility index (Phi) is 6.15. The van der Waals surface area contributed by atoms with Crippen molar-refractivity contribution in [3.8, 4) is 22.6 Å². The van der Waals surface area contributed by atoms with Crippen molar-refractivity contribution in [2.45, 2.75) is 19.0 Å². The van der Waals surface area contributed by atoms with E-state index in [0.717, 1.165) is 16.8 Å². The van der Waals surface area contributed by atoms with Crippen molar-refractivity contribution < 1.29 is 9.18 Å². The molecule has 0 bridgehead atoms. The number of anilines is 1. The second-order valence-corrected chi connectivity index (χ2v) is 8.85. The van der Waals surface area contributed by atoms with Crippen molar-refractivity contribution in [3.63, 3.8) is 0 Å². The first kappa shape index (κ1) is 21.2. The number of aromatic nitrogens is 4. The maximum absolute atomic E-state index is 13.1. The Bertz CT molecular complexity index is 1230. The standard InChI is InChI=1S/C22H20FN5OS2/c1-13-4-5-16(10-14(13)2)18-11-30-21(24-18)25-19(29)12-31-22-27-26-20(28(22)3)15-6-8-17(23)9-7-15/h4-11H,12H2,1-3H3,(H,24,25,29). The summed E-state index contributed by atoms with van der Waals surface area (Å²) in [6, 6.07) is 12.3. The molecule has 0 aliphatic heterocycles. The Morgan fingerprint density at radius 1 is 1.10 bits per heavy atom. The highest BCUT2D eigenvalue weighted by Crippen LogP contribution is 2.27. The molecule has 1 amide bonds. The predicted molar refractivity (Wildman–Crippen MR) is 123 cm³/mol. The van der Waals surface area contributed by atoms with E-state index in [1.165, 1.54) is 46.4 Å². The number of halogens is 1. The second-order valence-electron chi connectivity index (χ2n) is 7.05. The van der Waals surface area contributed by atoms with Gasteiger partial charge >= 0.3 is 0 Å². The number of aryl methyl sites for hydroxylation is 2. The Balaban J connectivity index is 1.37. The Labute approximate surface area is 187 Å². The molecule has 0 aliphatic rings. The molecule has 4 aromatic rings. The molecule has 0 atom stereocenters. The molecule has 0 aliphatic carbocycles. The smallest absolute Gasteiger partial charge is 0.236 e.